The summed E-state index contributed by atoms with van der Waals surface area (Å²) < 4.78 is 5.88. The molecule has 1 aliphatic heterocycles. The number of oxime groups is 1. The van der Waals surface area contributed by atoms with Gasteiger partial charge in [-0.2, -0.15) is 0 Å². The Bertz CT molecular complexity index is 832. The summed E-state index contributed by atoms with van der Waals surface area (Å²) in [5, 5.41) is 9.20. The van der Waals surface area contributed by atoms with Crippen LogP contribution in [0.4, 0.5) is 4.79 Å². The number of carbonyl (C=O) groups is 2. The van der Waals surface area contributed by atoms with Crippen molar-refractivity contribution in [3.63, 3.8) is 0 Å². The lowest BCUT2D eigenvalue weighted by Gasteiger charge is -2.19. The van der Waals surface area contributed by atoms with Gasteiger partial charge in [0.05, 0.1) is 12.7 Å². The van der Waals surface area contributed by atoms with Crippen molar-refractivity contribution >= 4 is 32.6 Å². The Balaban J connectivity index is 1.60. The minimum Gasteiger partial charge on any atom is -0.409 e. The molecular weight excluding hydrogens is 428 g/mol. The normalized spacial score (nSPS) is 16.5. The molecule has 1 aromatic heterocycles. The van der Waals surface area contributed by atoms with Gasteiger partial charge in [0.2, 0.25) is 5.91 Å². The Kier molecular flexibility index (Phi) is 6.96. The van der Waals surface area contributed by atoms with Gasteiger partial charge in [-0.3, -0.25) is 9.78 Å². The van der Waals surface area contributed by atoms with E-state index < -0.39 is 12.1 Å². The molecule has 0 saturated carbocycles. The summed E-state index contributed by atoms with van der Waals surface area (Å²) in [6.45, 7) is 0.280. The highest BCUT2D eigenvalue weighted by molar-refractivity contribution is 9.18. The van der Waals surface area contributed by atoms with Gasteiger partial charge in [-0.25, -0.2) is 4.79 Å². The van der Waals surface area contributed by atoms with Crippen LogP contribution in [0.5, 0.6) is 5.75 Å². The van der Waals surface area contributed by atoms with Gasteiger partial charge in [-0.1, -0.05) is 35.5 Å². The first-order valence-electron chi connectivity index (χ1n) is 8.68. The summed E-state index contributed by atoms with van der Waals surface area (Å²) in [7, 11) is 0. The van der Waals surface area contributed by atoms with E-state index in [1.165, 1.54) is 6.20 Å². The summed E-state index contributed by atoms with van der Waals surface area (Å²) >= 11 is 3.26. The maximum absolute atomic E-state index is 12.7. The molecule has 1 aliphatic rings. The second kappa shape index (κ2) is 9.84. The Morgan fingerprint density at radius 1 is 1.25 bits per heavy atom. The van der Waals surface area contributed by atoms with E-state index in [1.807, 2.05) is 30.3 Å². The molecule has 9 heteroatoms. The molecule has 146 valence electrons. The number of amides is 2. The molecule has 0 aliphatic carbocycles. The third-order valence-electron chi connectivity index (χ3n) is 3.94. The van der Waals surface area contributed by atoms with Crippen molar-refractivity contribution in [2.75, 3.05) is 6.54 Å². The van der Waals surface area contributed by atoms with Gasteiger partial charge in [-0.15, -0.1) is 0 Å². The lowest BCUT2D eigenvalue weighted by molar-refractivity contribution is -0.123. The van der Waals surface area contributed by atoms with E-state index in [9.17, 15) is 9.59 Å². The third-order valence-corrected chi connectivity index (χ3v) is 4.41. The number of pyridine rings is 1. The average Bonchev–Trinajstić information content (AvgIpc) is 3.12. The van der Waals surface area contributed by atoms with Crippen molar-refractivity contribution < 1.29 is 19.2 Å². The number of ether oxygens (including phenoxy) is 1. The zero-order valence-corrected chi connectivity index (χ0v) is 16.5. The predicted molar refractivity (Wildman–Crippen MR) is 106 cm³/mol. The van der Waals surface area contributed by atoms with E-state index in [0.29, 0.717) is 23.2 Å². The fourth-order valence-corrected chi connectivity index (χ4v) is 3.03. The zero-order valence-electron chi connectivity index (χ0n) is 14.9. The molecule has 0 bridgehead atoms. The highest BCUT2D eigenvalue weighted by atomic mass is 79.9. The number of halogens is 1. The van der Waals surface area contributed by atoms with Gasteiger partial charge in [0.15, 0.2) is 11.9 Å². The number of hydrogen-bond acceptors (Lipinski definition) is 6. The van der Waals surface area contributed by atoms with Gasteiger partial charge in [0, 0.05) is 19.0 Å². The smallest absolute Gasteiger partial charge is 0.409 e. The molecule has 2 heterocycles. The van der Waals surface area contributed by atoms with Crippen LogP contribution in [-0.4, -0.2) is 40.3 Å². The summed E-state index contributed by atoms with van der Waals surface area (Å²) in [5.41, 5.74) is 0.910. The van der Waals surface area contributed by atoms with Crippen LogP contribution in [0.15, 0.2) is 60.0 Å². The Morgan fingerprint density at radius 3 is 2.75 bits per heavy atom. The van der Waals surface area contributed by atoms with Gasteiger partial charge >= 0.3 is 6.09 Å². The number of nitrogens with one attached hydrogen (secondary N) is 2. The van der Waals surface area contributed by atoms with Crippen LogP contribution in [0.1, 0.15) is 12.0 Å². The van der Waals surface area contributed by atoms with Crippen molar-refractivity contribution in [1.29, 1.82) is 0 Å². The van der Waals surface area contributed by atoms with Gasteiger partial charge in [-0.05, 0) is 33.6 Å². The predicted octanol–water partition coefficient (Wildman–Crippen LogP) is 2.39. The number of rotatable bonds is 7. The second-order valence-electron chi connectivity index (χ2n) is 6.11. The van der Waals surface area contributed by atoms with E-state index in [-0.39, 0.29) is 18.6 Å². The molecule has 0 radical (unpaired) electrons. The van der Waals surface area contributed by atoms with Crippen LogP contribution in [0.25, 0.3) is 0 Å². The van der Waals surface area contributed by atoms with Crippen LogP contribution >= 0.6 is 15.9 Å². The van der Waals surface area contributed by atoms with Crippen LogP contribution in [0.3, 0.4) is 0 Å². The van der Waals surface area contributed by atoms with Crippen molar-refractivity contribution in [2.45, 2.75) is 25.0 Å². The number of hydrogen-bond donors (Lipinski definition) is 2. The fraction of sp³-hybridized carbons (Fsp3) is 0.263. The van der Waals surface area contributed by atoms with Crippen LogP contribution in [0, 0.1) is 0 Å². The fourth-order valence-electron chi connectivity index (χ4n) is 2.59. The van der Waals surface area contributed by atoms with E-state index in [4.69, 9.17) is 9.57 Å². The SMILES string of the molecule is O=C(N[C@@H](Cc1ccccc1)C(=O)NCC1CC(Br)=NO1)Oc1cccnc1. The van der Waals surface area contributed by atoms with Crippen molar-refractivity contribution in [1.82, 2.24) is 15.6 Å². The number of aromatic nitrogens is 1. The van der Waals surface area contributed by atoms with Crippen molar-refractivity contribution in [3.05, 3.63) is 60.4 Å². The van der Waals surface area contributed by atoms with Gasteiger partial charge in [0.1, 0.15) is 10.7 Å². The summed E-state index contributed by atoms with van der Waals surface area (Å²) in [6, 6.07) is 11.9. The lowest BCUT2D eigenvalue weighted by atomic mass is 10.1. The van der Waals surface area contributed by atoms with Gasteiger partial charge < -0.3 is 20.2 Å². The zero-order chi connectivity index (χ0) is 19.8. The van der Waals surface area contributed by atoms with Gasteiger partial charge in [0.25, 0.3) is 0 Å². The quantitative estimate of drug-likeness (QED) is 0.679. The topological polar surface area (TPSA) is 102 Å². The van der Waals surface area contributed by atoms with Crippen LogP contribution < -0.4 is 15.4 Å². The average molecular weight is 447 g/mol. The first-order valence-corrected chi connectivity index (χ1v) is 9.47. The van der Waals surface area contributed by atoms with E-state index in [0.717, 1.165) is 5.56 Å². The summed E-state index contributed by atoms with van der Waals surface area (Å²) in [6.07, 6.45) is 2.93. The monoisotopic (exact) mass is 446 g/mol. The number of benzene rings is 1. The summed E-state index contributed by atoms with van der Waals surface area (Å²) in [5.74, 6) is -0.0427. The molecule has 8 nitrogen and oxygen atoms in total. The van der Waals surface area contributed by atoms with Crippen molar-refractivity contribution in [3.8, 4) is 5.75 Å². The Morgan fingerprint density at radius 2 is 2.07 bits per heavy atom. The highest BCUT2D eigenvalue weighted by Gasteiger charge is 2.25. The molecule has 2 aromatic rings. The molecule has 2 N–H and O–H groups in total. The van der Waals surface area contributed by atoms with E-state index >= 15 is 0 Å². The largest absolute Gasteiger partial charge is 0.413 e. The minimum atomic E-state index is -0.808. The molecule has 3 rings (SSSR count). The molecule has 1 aromatic carbocycles. The molecular formula is C19H19BrN4O4. The molecule has 2 atom stereocenters. The lowest BCUT2D eigenvalue weighted by Crippen LogP contribution is -2.50. The maximum Gasteiger partial charge on any atom is 0.413 e. The Hall–Kier alpha value is -2.94. The number of nitrogens with zero attached hydrogens (tertiary/aromatic N) is 2. The third kappa shape index (κ3) is 6.05. The standard InChI is InChI=1S/C19H19BrN4O4/c20-17-10-15(28-24-17)12-22-18(25)16(9-13-5-2-1-3-6-13)23-19(26)27-14-7-4-8-21-11-14/h1-8,11,15-16H,9-10,12H2,(H,22,25)(H,23,26)/t15?,16-/m0/s1. The molecule has 1 unspecified atom stereocenters. The molecule has 28 heavy (non-hydrogen) atoms. The molecule has 0 saturated heterocycles. The minimum absolute atomic E-state index is 0.238. The first-order chi connectivity index (χ1) is 13.6. The van der Waals surface area contributed by atoms with Crippen LogP contribution in [0.2, 0.25) is 0 Å². The second-order valence-corrected chi connectivity index (χ2v) is 7.02. The molecule has 2 amide bonds. The molecule has 0 fully saturated rings. The molecule has 0 spiro atoms. The Labute approximate surface area is 170 Å². The first kappa shape index (κ1) is 19.8. The number of carbonyl (C=O) groups excluding carboxylic acids is 2. The van der Waals surface area contributed by atoms with E-state index in [1.54, 1.807) is 18.3 Å². The van der Waals surface area contributed by atoms with Crippen molar-refractivity contribution in [2.24, 2.45) is 5.16 Å². The highest BCUT2D eigenvalue weighted by Crippen LogP contribution is 2.13. The van der Waals surface area contributed by atoms with E-state index in [2.05, 4.69) is 36.7 Å². The maximum atomic E-state index is 12.7. The summed E-state index contributed by atoms with van der Waals surface area (Å²) in [4.78, 5) is 34.0. The van der Waals surface area contributed by atoms with Crippen LogP contribution in [-0.2, 0) is 16.1 Å².